The number of aliphatic hydroxyl groups is 1. The number of hydrogen-bond acceptors (Lipinski definition) is 3. The molecule has 0 aliphatic heterocycles. The second-order valence-corrected chi connectivity index (χ2v) is 2.37. The molecule has 14 heavy (non-hydrogen) atoms. The minimum absolute atomic E-state index is 0.0659. The number of ether oxygens (including phenoxy) is 2. The smallest absolute Gasteiger partial charge is 0.0779 e. The maximum Gasteiger partial charge on any atom is 0.0779 e. The molecule has 0 rings (SSSR count). The molecule has 0 fully saturated rings. The molecular weight excluding hydrogens is 180 g/mol. The van der Waals surface area contributed by atoms with E-state index in [1.807, 2.05) is 13.8 Å². The molecule has 0 radical (unpaired) electrons. The quantitative estimate of drug-likeness (QED) is 0.696. The minimum atomic E-state index is -0.0856. The summed E-state index contributed by atoms with van der Waals surface area (Å²) >= 11 is 0. The second kappa shape index (κ2) is 18.2. The molecule has 0 aliphatic rings. The topological polar surface area (TPSA) is 38.7 Å². The zero-order chi connectivity index (χ0) is 12.0. The Hall–Kier alpha value is -0.640. The van der Waals surface area contributed by atoms with Gasteiger partial charge in [-0.05, 0) is 13.8 Å². The molecule has 0 spiro atoms. The van der Waals surface area contributed by atoms with Gasteiger partial charge in [0.05, 0.1) is 25.4 Å². The molecule has 0 aromatic rings. The van der Waals surface area contributed by atoms with Crippen molar-refractivity contribution in [2.45, 2.75) is 26.1 Å². The Morgan fingerprint density at radius 2 is 1.50 bits per heavy atom. The summed E-state index contributed by atoms with van der Waals surface area (Å²) in [6.45, 7) is 16.3. The second-order valence-electron chi connectivity index (χ2n) is 2.37. The molecule has 86 valence electrons. The molecule has 0 saturated heterocycles. The fourth-order valence-electron chi connectivity index (χ4n) is 0.421. The van der Waals surface area contributed by atoms with Gasteiger partial charge in [-0.3, -0.25) is 0 Å². The Morgan fingerprint density at radius 1 is 1.07 bits per heavy atom. The van der Waals surface area contributed by atoms with E-state index in [0.717, 1.165) is 0 Å². The molecule has 0 heterocycles. The summed E-state index contributed by atoms with van der Waals surface area (Å²) < 4.78 is 10.1. The van der Waals surface area contributed by atoms with E-state index in [-0.39, 0.29) is 18.8 Å². The van der Waals surface area contributed by atoms with Gasteiger partial charge >= 0.3 is 0 Å². The Bertz CT molecular complexity index is 84.5. The van der Waals surface area contributed by atoms with Gasteiger partial charge in [0.2, 0.25) is 0 Å². The van der Waals surface area contributed by atoms with Gasteiger partial charge in [-0.25, -0.2) is 0 Å². The van der Waals surface area contributed by atoms with Crippen molar-refractivity contribution in [3.8, 4) is 0 Å². The van der Waals surface area contributed by atoms with Crippen LogP contribution in [-0.2, 0) is 9.47 Å². The summed E-state index contributed by atoms with van der Waals surface area (Å²) in [6, 6.07) is 0. The van der Waals surface area contributed by atoms with Crippen LogP contribution in [0.1, 0.15) is 13.8 Å². The van der Waals surface area contributed by atoms with Crippen molar-refractivity contribution < 1.29 is 14.6 Å². The highest BCUT2D eigenvalue weighted by atomic mass is 16.5. The molecule has 3 heteroatoms. The number of hydrogen-bond donors (Lipinski definition) is 1. The standard InChI is InChI=1S/C7H16O3.2C2H4/c1-6(4-8)10-5-7(2)9-3;2*1-2/h6-8H,4-5H2,1-3H3;2*1-2H2. The molecule has 2 atom stereocenters. The molecule has 1 N–H and O–H groups in total. The average molecular weight is 204 g/mol. The van der Waals surface area contributed by atoms with Crippen molar-refractivity contribution in [3.63, 3.8) is 0 Å². The van der Waals surface area contributed by atoms with Gasteiger partial charge in [-0.2, -0.15) is 0 Å². The SMILES string of the molecule is C=C.C=C.COC(C)COC(C)CO. The number of methoxy groups -OCH3 is 1. The predicted molar refractivity (Wildman–Crippen MR) is 61.5 cm³/mol. The van der Waals surface area contributed by atoms with Crippen molar-refractivity contribution in [3.05, 3.63) is 26.3 Å². The van der Waals surface area contributed by atoms with Crippen LogP contribution in [0.25, 0.3) is 0 Å². The zero-order valence-corrected chi connectivity index (χ0v) is 9.66. The summed E-state index contributed by atoms with van der Waals surface area (Å²) in [5.74, 6) is 0. The van der Waals surface area contributed by atoms with Crippen LogP contribution in [0.15, 0.2) is 26.3 Å². The molecule has 0 bridgehead atoms. The van der Waals surface area contributed by atoms with Gasteiger partial charge in [0.1, 0.15) is 0 Å². The summed E-state index contributed by atoms with van der Waals surface area (Å²) in [6.07, 6.45) is 0.0200. The van der Waals surface area contributed by atoms with Crippen LogP contribution in [0.2, 0.25) is 0 Å². The molecule has 0 aromatic carbocycles. The molecular formula is C11H24O3. The largest absolute Gasteiger partial charge is 0.394 e. The normalized spacial score (nSPS) is 12.6. The first-order valence-corrected chi connectivity index (χ1v) is 4.46. The third-order valence-corrected chi connectivity index (χ3v) is 1.27. The van der Waals surface area contributed by atoms with Crippen LogP contribution in [0, 0.1) is 0 Å². The van der Waals surface area contributed by atoms with Crippen LogP contribution in [0.5, 0.6) is 0 Å². The third-order valence-electron chi connectivity index (χ3n) is 1.27. The summed E-state index contributed by atoms with van der Waals surface area (Å²) in [5.41, 5.74) is 0. The lowest BCUT2D eigenvalue weighted by atomic mass is 10.4. The van der Waals surface area contributed by atoms with Gasteiger partial charge < -0.3 is 14.6 Å². The van der Waals surface area contributed by atoms with E-state index in [2.05, 4.69) is 26.3 Å². The van der Waals surface area contributed by atoms with E-state index >= 15 is 0 Å². The van der Waals surface area contributed by atoms with E-state index in [9.17, 15) is 0 Å². The van der Waals surface area contributed by atoms with E-state index in [0.29, 0.717) is 6.61 Å². The van der Waals surface area contributed by atoms with Crippen LogP contribution < -0.4 is 0 Å². The fraction of sp³-hybridized carbons (Fsp3) is 0.636. The van der Waals surface area contributed by atoms with Crippen molar-refractivity contribution in [2.75, 3.05) is 20.3 Å². The van der Waals surface area contributed by atoms with Crippen LogP contribution in [0.4, 0.5) is 0 Å². The third kappa shape index (κ3) is 17.4. The Morgan fingerprint density at radius 3 is 1.79 bits per heavy atom. The van der Waals surface area contributed by atoms with E-state index in [4.69, 9.17) is 14.6 Å². The summed E-state index contributed by atoms with van der Waals surface area (Å²) in [4.78, 5) is 0. The van der Waals surface area contributed by atoms with Crippen LogP contribution in [0.3, 0.4) is 0 Å². The number of rotatable bonds is 5. The Labute approximate surface area is 88.0 Å². The molecule has 0 aromatic heterocycles. The lowest BCUT2D eigenvalue weighted by Gasteiger charge is -2.13. The van der Waals surface area contributed by atoms with Gasteiger partial charge in [0.15, 0.2) is 0 Å². The highest BCUT2D eigenvalue weighted by Gasteiger charge is 2.03. The zero-order valence-electron chi connectivity index (χ0n) is 9.66. The van der Waals surface area contributed by atoms with E-state index in [1.165, 1.54) is 0 Å². The molecule has 3 nitrogen and oxygen atoms in total. The predicted octanol–water partition coefficient (Wildman–Crippen LogP) is 2.02. The highest BCUT2D eigenvalue weighted by molar-refractivity contribution is 4.49. The fourth-order valence-corrected chi connectivity index (χ4v) is 0.421. The molecule has 0 amide bonds. The Kier molecular flexibility index (Phi) is 24.7. The first-order chi connectivity index (χ1) is 6.70. The van der Waals surface area contributed by atoms with Gasteiger partial charge in [-0.15, -0.1) is 26.3 Å². The lowest BCUT2D eigenvalue weighted by Crippen LogP contribution is -2.21. The lowest BCUT2D eigenvalue weighted by molar-refractivity contribution is -0.0313. The van der Waals surface area contributed by atoms with Crippen molar-refractivity contribution >= 4 is 0 Å². The minimum Gasteiger partial charge on any atom is -0.394 e. The van der Waals surface area contributed by atoms with Crippen molar-refractivity contribution in [1.82, 2.24) is 0 Å². The maximum atomic E-state index is 8.55. The van der Waals surface area contributed by atoms with Crippen molar-refractivity contribution in [1.29, 1.82) is 0 Å². The summed E-state index contributed by atoms with van der Waals surface area (Å²) in [5, 5.41) is 8.55. The number of aliphatic hydroxyl groups excluding tert-OH is 1. The van der Waals surface area contributed by atoms with Gasteiger partial charge in [0.25, 0.3) is 0 Å². The molecule has 0 aliphatic carbocycles. The highest BCUT2D eigenvalue weighted by Crippen LogP contribution is 1.93. The first kappa shape index (κ1) is 19.0. The van der Waals surface area contributed by atoms with Crippen molar-refractivity contribution in [2.24, 2.45) is 0 Å². The van der Waals surface area contributed by atoms with Crippen LogP contribution >= 0.6 is 0 Å². The van der Waals surface area contributed by atoms with Gasteiger partial charge in [-0.1, -0.05) is 0 Å². The van der Waals surface area contributed by atoms with Crippen LogP contribution in [-0.4, -0.2) is 37.6 Å². The monoisotopic (exact) mass is 204 g/mol. The summed E-state index contributed by atoms with van der Waals surface area (Å²) in [7, 11) is 1.64. The molecule has 2 unspecified atom stereocenters. The van der Waals surface area contributed by atoms with Gasteiger partial charge in [0, 0.05) is 7.11 Å². The first-order valence-electron chi connectivity index (χ1n) is 4.46. The van der Waals surface area contributed by atoms with E-state index < -0.39 is 0 Å². The maximum absolute atomic E-state index is 8.55. The molecule has 0 saturated carbocycles. The Balaban J connectivity index is -0.000000266. The van der Waals surface area contributed by atoms with E-state index in [1.54, 1.807) is 7.11 Å². The average Bonchev–Trinajstić information content (AvgIpc) is 2.30.